The number of hydrogen-bond donors (Lipinski definition) is 1. The quantitative estimate of drug-likeness (QED) is 0.665. The van der Waals surface area contributed by atoms with Gasteiger partial charge in [0.05, 0.1) is 17.9 Å². The summed E-state index contributed by atoms with van der Waals surface area (Å²) in [6, 6.07) is 17.0. The van der Waals surface area contributed by atoms with E-state index in [0.29, 0.717) is 10.5 Å². The van der Waals surface area contributed by atoms with Gasteiger partial charge in [-0.15, -0.1) is 0 Å². The Morgan fingerprint density at radius 2 is 1.59 bits per heavy atom. The Morgan fingerprint density at radius 3 is 2.15 bits per heavy atom. The number of nitrogens with one attached hydrogen (secondary N) is 1. The number of esters is 1. The van der Waals surface area contributed by atoms with Crippen LogP contribution in [0, 0.1) is 0 Å². The first-order chi connectivity index (χ1) is 13.1. The van der Waals surface area contributed by atoms with Gasteiger partial charge in [0.2, 0.25) is 0 Å². The van der Waals surface area contributed by atoms with Crippen molar-refractivity contribution in [2.45, 2.75) is 23.5 Å². The summed E-state index contributed by atoms with van der Waals surface area (Å²) in [7, 11) is 1.40. The fourth-order valence-corrected chi connectivity index (χ4v) is 3.72. The highest BCUT2D eigenvalue weighted by molar-refractivity contribution is 7.85. The van der Waals surface area contributed by atoms with Crippen LogP contribution in [0.3, 0.4) is 0 Å². The van der Waals surface area contributed by atoms with E-state index in [1.165, 1.54) is 14.2 Å². The lowest BCUT2D eigenvalue weighted by Gasteiger charge is -2.20. The summed E-state index contributed by atoms with van der Waals surface area (Å²) in [5, 5.41) is 2.65. The molecule has 0 aliphatic rings. The first-order valence-electron chi connectivity index (χ1n) is 8.46. The molecule has 2 rings (SSSR count). The lowest BCUT2D eigenvalue weighted by Crippen LogP contribution is -2.44. The highest BCUT2D eigenvalue weighted by Gasteiger charge is 2.27. The summed E-state index contributed by atoms with van der Waals surface area (Å²) in [4.78, 5) is 25.3. The van der Waals surface area contributed by atoms with Crippen LogP contribution in [0.15, 0.2) is 65.6 Å². The summed E-state index contributed by atoms with van der Waals surface area (Å²) in [5.41, 5.74) is 0.675. The highest BCUT2D eigenvalue weighted by atomic mass is 32.2. The summed E-state index contributed by atoms with van der Waals surface area (Å²) in [6.45, 7) is 0. The van der Waals surface area contributed by atoms with Gasteiger partial charge in [-0.05, 0) is 24.1 Å². The van der Waals surface area contributed by atoms with Gasteiger partial charge in [-0.25, -0.2) is 4.79 Å². The lowest BCUT2D eigenvalue weighted by atomic mass is 10.1. The van der Waals surface area contributed by atoms with Gasteiger partial charge in [0.1, 0.15) is 6.04 Å². The van der Waals surface area contributed by atoms with Crippen LogP contribution < -0.4 is 5.32 Å². The molecule has 0 spiro atoms. The Labute approximate surface area is 161 Å². The smallest absolute Gasteiger partial charge is 0.328 e. The largest absolute Gasteiger partial charge is 0.467 e. The molecule has 0 radical (unpaired) electrons. The van der Waals surface area contributed by atoms with E-state index in [-0.39, 0.29) is 12.2 Å². The minimum Gasteiger partial charge on any atom is -0.467 e. The molecule has 1 amide bonds. The van der Waals surface area contributed by atoms with Gasteiger partial charge in [0.15, 0.2) is 6.10 Å². The van der Waals surface area contributed by atoms with Crippen molar-refractivity contribution in [3.8, 4) is 0 Å². The van der Waals surface area contributed by atoms with Crippen molar-refractivity contribution in [3.05, 3.63) is 66.2 Å². The number of ether oxygens (including phenoxy) is 2. The minimum absolute atomic E-state index is 0.186. The minimum atomic E-state index is -1.28. The molecule has 0 aliphatic heterocycles. The molecule has 2 aromatic rings. The number of carbonyl (C=O) groups excluding carboxylic acids is 2. The zero-order valence-corrected chi connectivity index (χ0v) is 16.1. The van der Waals surface area contributed by atoms with Crippen molar-refractivity contribution >= 4 is 22.7 Å². The number of hydrogen-bond acceptors (Lipinski definition) is 5. The van der Waals surface area contributed by atoms with Crippen LogP contribution in [0.2, 0.25) is 0 Å². The standard InChI is InChI=1S/C20H23NO5S/c1-25-18(15-9-5-3-6-10-15)19(22)21-17(20(23)26-2)13-14-27(24)16-11-7-4-8-12-16/h3-12,17-18H,13-14H2,1-2H3,(H,21,22)/t17-,18-,27-/m1/s1. The van der Waals surface area contributed by atoms with E-state index < -0.39 is 34.8 Å². The predicted octanol–water partition coefficient (Wildman–Crippen LogP) is 2.23. The normalized spacial score (nSPS) is 14.0. The summed E-state index contributed by atoms with van der Waals surface area (Å²) < 4.78 is 22.4. The van der Waals surface area contributed by atoms with E-state index >= 15 is 0 Å². The molecule has 0 heterocycles. The number of rotatable bonds is 9. The summed E-state index contributed by atoms with van der Waals surface area (Å²) in [6.07, 6.45) is -0.663. The van der Waals surface area contributed by atoms with E-state index in [2.05, 4.69) is 5.32 Å². The van der Waals surface area contributed by atoms with Crippen LogP contribution in [0.4, 0.5) is 0 Å². The van der Waals surface area contributed by atoms with Gasteiger partial charge >= 0.3 is 5.97 Å². The summed E-state index contributed by atoms with van der Waals surface area (Å²) in [5.74, 6) is -0.825. The average molecular weight is 389 g/mol. The van der Waals surface area contributed by atoms with Crippen molar-refractivity contribution in [2.24, 2.45) is 0 Å². The Balaban J connectivity index is 2.04. The van der Waals surface area contributed by atoms with E-state index in [9.17, 15) is 13.8 Å². The van der Waals surface area contributed by atoms with Crippen LogP contribution >= 0.6 is 0 Å². The van der Waals surface area contributed by atoms with Gasteiger partial charge in [-0.1, -0.05) is 48.5 Å². The zero-order valence-electron chi connectivity index (χ0n) is 15.3. The fourth-order valence-electron chi connectivity index (χ4n) is 2.58. The molecule has 7 heteroatoms. The fraction of sp³-hybridized carbons (Fsp3) is 0.300. The molecular weight excluding hydrogens is 366 g/mol. The topological polar surface area (TPSA) is 81.7 Å². The maximum atomic E-state index is 12.6. The molecule has 0 saturated carbocycles. The van der Waals surface area contributed by atoms with Crippen molar-refractivity contribution < 1.29 is 23.3 Å². The summed E-state index contributed by atoms with van der Waals surface area (Å²) >= 11 is 0. The first kappa shape index (κ1) is 20.8. The van der Waals surface area contributed by atoms with Gasteiger partial charge in [-0.3, -0.25) is 9.00 Å². The molecule has 0 bridgehead atoms. The molecule has 0 aromatic heterocycles. The number of methoxy groups -OCH3 is 2. The van der Waals surface area contributed by atoms with E-state index in [1.807, 2.05) is 12.1 Å². The third kappa shape index (κ3) is 6.01. The lowest BCUT2D eigenvalue weighted by molar-refractivity contribution is -0.146. The SMILES string of the molecule is COC(=O)[C@@H](CC[S@@](=O)c1ccccc1)NC(=O)[C@H](OC)c1ccccc1. The highest BCUT2D eigenvalue weighted by Crippen LogP contribution is 2.17. The Bertz CT molecular complexity index is 766. The van der Waals surface area contributed by atoms with Crippen molar-refractivity contribution in [1.29, 1.82) is 0 Å². The third-order valence-electron chi connectivity index (χ3n) is 3.98. The van der Waals surface area contributed by atoms with E-state index in [0.717, 1.165) is 0 Å². The number of benzene rings is 2. The Kier molecular flexibility index (Phi) is 8.16. The van der Waals surface area contributed by atoms with E-state index in [1.54, 1.807) is 48.5 Å². The molecule has 0 aliphatic carbocycles. The molecule has 0 saturated heterocycles. The average Bonchev–Trinajstić information content (AvgIpc) is 2.72. The monoisotopic (exact) mass is 389 g/mol. The molecule has 2 aromatic carbocycles. The van der Waals surface area contributed by atoms with Crippen molar-refractivity contribution in [2.75, 3.05) is 20.0 Å². The van der Waals surface area contributed by atoms with Gasteiger partial charge in [-0.2, -0.15) is 0 Å². The molecule has 0 fully saturated rings. The Hall–Kier alpha value is -2.51. The van der Waals surface area contributed by atoms with Crippen molar-refractivity contribution in [3.63, 3.8) is 0 Å². The van der Waals surface area contributed by atoms with Gasteiger partial charge < -0.3 is 14.8 Å². The van der Waals surface area contributed by atoms with Crippen LogP contribution in [0.1, 0.15) is 18.1 Å². The molecule has 27 heavy (non-hydrogen) atoms. The number of carbonyl (C=O) groups is 2. The van der Waals surface area contributed by atoms with E-state index in [4.69, 9.17) is 9.47 Å². The number of amides is 1. The van der Waals surface area contributed by atoms with Crippen LogP contribution in [0.25, 0.3) is 0 Å². The van der Waals surface area contributed by atoms with Crippen LogP contribution in [0.5, 0.6) is 0 Å². The molecule has 1 N–H and O–H groups in total. The first-order valence-corrected chi connectivity index (χ1v) is 9.78. The second-order valence-electron chi connectivity index (χ2n) is 5.76. The van der Waals surface area contributed by atoms with Crippen LogP contribution in [-0.2, 0) is 29.9 Å². The molecule has 144 valence electrons. The third-order valence-corrected chi connectivity index (χ3v) is 5.38. The van der Waals surface area contributed by atoms with Gasteiger partial charge in [0, 0.05) is 17.8 Å². The second kappa shape index (κ2) is 10.6. The molecule has 0 unspecified atom stereocenters. The maximum absolute atomic E-state index is 12.6. The molecule has 3 atom stereocenters. The molecular formula is C20H23NO5S. The maximum Gasteiger partial charge on any atom is 0.328 e. The predicted molar refractivity (Wildman–Crippen MR) is 102 cm³/mol. The zero-order chi connectivity index (χ0) is 19.6. The van der Waals surface area contributed by atoms with Crippen LogP contribution in [-0.4, -0.2) is 42.1 Å². The molecule has 6 nitrogen and oxygen atoms in total. The van der Waals surface area contributed by atoms with Gasteiger partial charge in [0.25, 0.3) is 5.91 Å². The Morgan fingerprint density at radius 1 is 1.00 bits per heavy atom. The second-order valence-corrected chi connectivity index (χ2v) is 7.33. The van der Waals surface area contributed by atoms with Crippen molar-refractivity contribution in [1.82, 2.24) is 5.32 Å².